The minimum absolute atomic E-state index is 0.440. The van der Waals surface area contributed by atoms with E-state index in [9.17, 15) is 13.2 Å². The van der Waals surface area contributed by atoms with Crippen molar-refractivity contribution < 1.29 is 28.1 Å². The van der Waals surface area contributed by atoms with Crippen molar-refractivity contribution in [3.8, 4) is 0 Å². The summed E-state index contributed by atoms with van der Waals surface area (Å²) in [5, 5.41) is 17.2. The number of ether oxygens (including phenoxy) is 1. The minimum Gasteiger partial charge on any atom is -0.396 e. The van der Waals surface area contributed by atoms with Crippen molar-refractivity contribution in [2.75, 3.05) is 20.3 Å². The number of methoxy groups -OCH3 is 1. The Morgan fingerprint density at radius 1 is 1.42 bits per heavy atom. The summed E-state index contributed by atoms with van der Waals surface area (Å²) in [5.74, 6) is -2.13. The fourth-order valence-corrected chi connectivity index (χ4v) is 0.730. The van der Waals surface area contributed by atoms with Crippen molar-refractivity contribution in [2.24, 2.45) is 5.92 Å². The molecule has 6 heteroatoms. The highest BCUT2D eigenvalue weighted by atomic mass is 19.4. The Morgan fingerprint density at radius 3 is 2.17 bits per heavy atom. The molecule has 12 heavy (non-hydrogen) atoms. The molecule has 0 unspecified atom stereocenters. The number of alkyl halides is 3. The third-order valence-corrected chi connectivity index (χ3v) is 1.42. The molecule has 0 fully saturated rings. The molecule has 2 atom stereocenters. The van der Waals surface area contributed by atoms with Gasteiger partial charge in [-0.3, -0.25) is 0 Å². The molecule has 0 aromatic carbocycles. The molecule has 3 nitrogen and oxygen atoms in total. The fraction of sp³-hybridized carbons (Fsp3) is 1.00. The van der Waals surface area contributed by atoms with Crippen LogP contribution in [0.25, 0.3) is 0 Å². The van der Waals surface area contributed by atoms with Crippen LogP contribution < -0.4 is 0 Å². The van der Waals surface area contributed by atoms with Crippen LogP contribution in [0.1, 0.15) is 0 Å². The number of halogens is 3. The highest BCUT2D eigenvalue weighted by Crippen LogP contribution is 2.28. The molecule has 0 aliphatic carbocycles. The summed E-state index contributed by atoms with van der Waals surface area (Å²) in [4.78, 5) is 0. The van der Waals surface area contributed by atoms with E-state index in [2.05, 4.69) is 4.74 Å². The molecule has 0 heterocycles. The van der Waals surface area contributed by atoms with E-state index in [0.29, 0.717) is 0 Å². The van der Waals surface area contributed by atoms with Crippen LogP contribution in [0.4, 0.5) is 13.2 Å². The maximum atomic E-state index is 11.9. The van der Waals surface area contributed by atoms with Crippen LogP contribution >= 0.6 is 0 Å². The topological polar surface area (TPSA) is 49.7 Å². The normalized spacial score (nSPS) is 17.5. The lowest BCUT2D eigenvalue weighted by Gasteiger charge is -2.22. The van der Waals surface area contributed by atoms with Gasteiger partial charge >= 0.3 is 6.18 Å². The Labute approximate surface area is 67.8 Å². The molecule has 0 rings (SSSR count). The quantitative estimate of drug-likeness (QED) is 0.661. The summed E-state index contributed by atoms with van der Waals surface area (Å²) < 4.78 is 40.1. The summed E-state index contributed by atoms with van der Waals surface area (Å²) in [7, 11) is 1.17. The largest absolute Gasteiger partial charge is 0.396 e. The molecule has 0 aromatic rings. The van der Waals surface area contributed by atoms with Gasteiger partial charge in [0.05, 0.1) is 19.3 Å². The molecule has 74 valence electrons. The second-order valence-corrected chi connectivity index (χ2v) is 2.35. The van der Waals surface area contributed by atoms with Gasteiger partial charge in [0, 0.05) is 7.11 Å². The molecule has 0 aliphatic heterocycles. The average molecular weight is 188 g/mol. The van der Waals surface area contributed by atoms with E-state index < -0.39 is 31.4 Å². The standard InChI is InChI=1S/C6H11F3O3/c1-12-3-5(11)4(2-10)6(7,8)9/h4-5,10-11H,2-3H2,1H3/t4-,5+/m0/s1. The Bertz CT molecular complexity index is 126. The lowest BCUT2D eigenvalue weighted by atomic mass is 10.0. The SMILES string of the molecule is COC[C@@H](O)[C@H](CO)C(F)(F)F. The van der Waals surface area contributed by atoms with Crippen molar-refractivity contribution in [3.63, 3.8) is 0 Å². The minimum atomic E-state index is -4.59. The summed E-state index contributed by atoms with van der Waals surface area (Å²) in [5.41, 5.74) is 0. The average Bonchev–Trinajstić information content (AvgIpc) is 1.85. The van der Waals surface area contributed by atoms with Gasteiger partial charge in [0.25, 0.3) is 0 Å². The smallest absolute Gasteiger partial charge is 0.396 e. The van der Waals surface area contributed by atoms with Crippen LogP contribution in [0.2, 0.25) is 0 Å². The first-order valence-corrected chi connectivity index (χ1v) is 3.28. The van der Waals surface area contributed by atoms with E-state index in [1.165, 1.54) is 7.11 Å². The first kappa shape index (κ1) is 11.7. The predicted octanol–water partition coefficient (Wildman–Crippen LogP) is 0.165. The molecule has 0 spiro atoms. The molecule has 0 saturated carbocycles. The summed E-state index contributed by atoms with van der Waals surface area (Å²) in [6, 6.07) is 0. The number of aliphatic hydroxyl groups is 2. The number of hydrogen-bond acceptors (Lipinski definition) is 3. The van der Waals surface area contributed by atoms with Crippen LogP contribution in [0.3, 0.4) is 0 Å². The van der Waals surface area contributed by atoms with Crippen molar-refractivity contribution in [2.45, 2.75) is 12.3 Å². The molecule has 0 radical (unpaired) electrons. The van der Waals surface area contributed by atoms with Gasteiger partial charge in [0.2, 0.25) is 0 Å². The molecular weight excluding hydrogens is 177 g/mol. The number of rotatable bonds is 4. The van der Waals surface area contributed by atoms with Gasteiger partial charge in [-0.2, -0.15) is 13.2 Å². The Morgan fingerprint density at radius 2 is 1.92 bits per heavy atom. The maximum Gasteiger partial charge on any atom is 0.396 e. The molecule has 0 aromatic heterocycles. The second-order valence-electron chi connectivity index (χ2n) is 2.35. The van der Waals surface area contributed by atoms with Crippen LogP contribution in [-0.4, -0.2) is 42.8 Å². The number of hydrogen-bond donors (Lipinski definition) is 2. The summed E-state index contributed by atoms with van der Waals surface area (Å²) >= 11 is 0. The van der Waals surface area contributed by atoms with E-state index >= 15 is 0 Å². The van der Waals surface area contributed by atoms with Crippen molar-refractivity contribution in [1.29, 1.82) is 0 Å². The van der Waals surface area contributed by atoms with Gasteiger partial charge in [0.15, 0.2) is 0 Å². The third kappa shape index (κ3) is 3.38. The lowest BCUT2D eigenvalue weighted by molar-refractivity contribution is -0.214. The summed E-state index contributed by atoms with van der Waals surface area (Å²) in [6.45, 7) is -1.57. The molecule has 0 amide bonds. The first-order valence-electron chi connectivity index (χ1n) is 3.28. The Balaban J connectivity index is 4.14. The van der Waals surface area contributed by atoms with Crippen molar-refractivity contribution in [1.82, 2.24) is 0 Å². The zero-order valence-electron chi connectivity index (χ0n) is 6.51. The Hall–Kier alpha value is -0.330. The Kier molecular flexibility index (Phi) is 4.51. The van der Waals surface area contributed by atoms with Crippen LogP contribution in [0.15, 0.2) is 0 Å². The van der Waals surface area contributed by atoms with E-state index in [1.807, 2.05) is 0 Å². The molecular formula is C6H11F3O3. The van der Waals surface area contributed by atoms with Crippen LogP contribution in [-0.2, 0) is 4.74 Å². The molecule has 0 saturated heterocycles. The first-order chi connectivity index (χ1) is 5.43. The second kappa shape index (κ2) is 4.64. The van der Waals surface area contributed by atoms with Gasteiger partial charge in [0.1, 0.15) is 5.92 Å². The molecule has 0 aliphatic rings. The van der Waals surface area contributed by atoms with Crippen LogP contribution in [0, 0.1) is 5.92 Å². The highest BCUT2D eigenvalue weighted by molar-refractivity contribution is 4.74. The predicted molar refractivity (Wildman–Crippen MR) is 34.5 cm³/mol. The fourth-order valence-electron chi connectivity index (χ4n) is 0.730. The van der Waals surface area contributed by atoms with E-state index in [0.717, 1.165) is 0 Å². The molecule has 0 bridgehead atoms. The van der Waals surface area contributed by atoms with E-state index in [1.54, 1.807) is 0 Å². The zero-order valence-corrected chi connectivity index (χ0v) is 6.51. The van der Waals surface area contributed by atoms with E-state index in [-0.39, 0.29) is 0 Å². The maximum absolute atomic E-state index is 11.9. The van der Waals surface area contributed by atoms with Gasteiger partial charge < -0.3 is 14.9 Å². The van der Waals surface area contributed by atoms with Gasteiger partial charge in [-0.25, -0.2) is 0 Å². The number of aliphatic hydroxyl groups excluding tert-OH is 2. The van der Waals surface area contributed by atoms with Crippen molar-refractivity contribution >= 4 is 0 Å². The monoisotopic (exact) mass is 188 g/mol. The van der Waals surface area contributed by atoms with Gasteiger partial charge in [-0.1, -0.05) is 0 Å². The van der Waals surface area contributed by atoms with Crippen molar-refractivity contribution in [3.05, 3.63) is 0 Å². The van der Waals surface area contributed by atoms with E-state index in [4.69, 9.17) is 10.2 Å². The summed E-state index contributed by atoms with van der Waals surface area (Å²) in [6.07, 6.45) is -6.30. The third-order valence-electron chi connectivity index (χ3n) is 1.42. The molecule has 2 N–H and O–H groups in total. The van der Waals surface area contributed by atoms with Crippen LogP contribution in [0.5, 0.6) is 0 Å². The lowest BCUT2D eigenvalue weighted by Crippen LogP contribution is -2.39. The van der Waals surface area contributed by atoms with Gasteiger partial charge in [-0.15, -0.1) is 0 Å². The van der Waals surface area contributed by atoms with Gasteiger partial charge in [-0.05, 0) is 0 Å². The zero-order chi connectivity index (χ0) is 9.78. The highest BCUT2D eigenvalue weighted by Gasteiger charge is 2.43.